The number of aromatic nitrogens is 3. The number of hydrogen-bond acceptors (Lipinski definition) is 3. The highest BCUT2D eigenvalue weighted by Crippen LogP contribution is 2.20. The minimum absolute atomic E-state index is 0.307. The van der Waals surface area contributed by atoms with Crippen molar-refractivity contribution in [1.82, 2.24) is 14.9 Å². The van der Waals surface area contributed by atoms with Crippen molar-refractivity contribution in [2.75, 3.05) is 0 Å². The average molecular weight is 312 g/mol. The van der Waals surface area contributed by atoms with Crippen LogP contribution >= 0.6 is 12.2 Å². The van der Waals surface area contributed by atoms with Gasteiger partial charge < -0.3 is 0 Å². The number of H-pyrrole nitrogens is 1. The summed E-state index contributed by atoms with van der Waals surface area (Å²) in [4.78, 5) is 0. The smallest absolute Gasteiger partial charge is 0.216 e. The molecule has 0 aliphatic heterocycles. The molecule has 0 fully saturated rings. The molecule has 0 saturated heterocycles. The van der Waals surface area contributed by atoms with E-state index in [1.165, 1.54) is 16.3 Å². The fourth-order valence-electron chi connectivity index (χ4n) is 1.99. The minimum Gasteiger partial charge on any atom is -0.250 e. The van der Waals surface area contributed by atoms with E-state index < -0.39 is 0 Å². The lowest BCUT2D eigenvalue weighted by Crippen LogP contribution is -1.96. The molecule has 0 unspecified atom stereocenters. The Bertz CT molecular complexity index is 878. The van der Waals surface area contributed by atoms with Crippen LogP contribution < -0.4 is 0 Å². The lowest BCUT2D eigenvalue weighted by atomic mass is 10.2. The topological polar surface area (TPSA) is 46.0 Å². The second-order valence-electron chi connectivity index (χ2n) is 4.80. The molecule has 0 atom stereocenters. The fraction of sp³-hybridized carbons (Fsp3) is 0.0625. The second-order valence-corrected chi connectivity index (χ2v) is 5.19. The molecule has 1 N–H and O–H groups in total. The van der Waals surface area contributed by atoms with Crippen LogP contribution in [0.5, 0.6) is 0 Å². The van der Waals surface area contributed by atoms with Crippen molar-refractivity contribution in [1.29, 1.82) is 0 Å². The van der Waals surface area contributed by atoms with Gasteiger partial charge >= 0.3 is 0 Å². The van der Waals surface area contributed by atoms with Crippen LogP contribution in [-0.4, -0.2) is 21.1 Å². The largest absolute Gasteiger partial charge is 0.250 e. The molecule has 0 amide bonds. The van der Waals surface area contributed by atoms with Crippen molar-refractivity contribution in [3.05, 3.63) is 70.2 Å². The molecule has 2 aromatic carbocycles. The second kappa shape index (κ2) is 6.03. The molecule has 110 valence electrons. The Labute approximate surface area is 131 Å². The monoisotopic (exact) mass is 312 g/mol. The van der Waals surface area contributed by atoms with E-state index in [2.05, 4.69) is 15.3 Å². The van der Waals surface area contributed by atoms with E-state index in [4.69, 9.17) is 12.2 Å². The first-order valence-corrected chi connectivity index (χ1v) is 7.09. The summed E-state index contributed by atoms with van der Waals surface area (Å²) in [5.41, 5.74) is 2.44. The summed E-state index contributed by atoms with van der Waals surface area (Å²) in [5.74, 6) is -0.0326. The summed E-state index contributed by atoms with van der Waals surface area (Å²) < 4.78 is 15.6. The molecule has 0 aliphatic rings. The molecule has 0 bridgehead atoms. The predicted molar refractivity (Wildman–Crippen MR) is 87.0 cm³/mol. The molecule has 0 saturated carbocycles. The van der Waals surface area contributed by atoms with Crippen LogP contribution in [0.2, 0.25) is 0 Å². The Balaban J connectivity index is 2.02. The van der Waals surface area contributed by atoms with E-state index in [9.17, 15) is 4.39 Å². The van der Waals surface area contributed by atoms with Gasteiger partial charge in [-0.05, 0) is 36.8 Å². The van der Waals surface area contributed by atoms with Crippen molar-refractivity contribution in [3.8, 4) is 11.4 Å². The SMILES string of the molecule is Cc1ccc(/C=N/n2c(-c3ccccc3F)n[nH]c2=S)cc1. The molecule has 0 spiro atoms. The molecular weight excluding hydrogens is 299 g/mol. The van der Waals surface area contributed by atoms with Gasteiger partial charge in [0.05, 0.1) is 11.8 Å². The zero-order chi connectivity index (χ0) is 15.5. The summed E-state index contributed by atoms with van der Waals surface area (Å²) >= 11 is 5.16. The van der Waals surface area contributed by atoms with Crippen molar-refractivity contribution < 1.29 is 4.39 Å². The highest BCUT2D eigenvalue weighted by Gasteiger charge is 2.12. The number of rotatable bonds is 3. The van der Waals surface area contributed by atoms with E-state index in [1.807, 2.05) is 31.2 Å². The highest BCUT2D eigenvalue weighted by molar-refractivity contribution is 7.71. The molecule has 1 aromatic heterocycles. The van der Waals surface area contributed by atoms with Crippen LogP contribution in [-0.2, 0) is 0 Å². The Morgan fingerprint density at radius 3 is 2.64 bits per heavy atom. The molecule has 0 radical (unpaired) electrons. The van der Waals surface area contributed by atoms with Crippen LogP contribution in [0, 0.1) is 17.5 Å². The van der Waals surface area contributed by atoms with Gasteiger partial charge in [0.25, 0.3) is 0 Å². The fourth-order valence-corrected chi connectivity index (χ4v) is 2.17. The summed E-state index contributed by atoms with van der Waals surface area (Å²) in [6.07, 6.45) is 1.66. The summed E-state index contributed by atoms with van der Waals surface area (Å²) in [6, 6.07) is 14.3. The van der Waals surface area contributed by atoms with E-state index in [0.717, 1.165) is 5.56 Å². The maximum Gasteiger partial charge on any atom is 0.216 e. The van der Waals surface area contributed by atoms with Crippen molar-refractivity contribution in [2.24, 2.45) is 5.10 Å². The third-order valence-corrected chi connectivity index (χ3v) is 3.43. The molecule has 6 heteroatoms. The Kier molecular flexibility index (Phi) is 3.93. The summed E-state index contributed by atoms with van der Waals surface area (Å²) in [5, 5.41) is 11.0. The lowest BCUT2D eigenvalue weighted by Gasteiger charge is -2.02. The standard InChI is InChI=1S/C16H13FN4S/c1-11-6-8-12(9-7-11)10-18-21-15(19-20-16(21)22)13-4-2-3-5-14(13)17/h2-10H,1H3,(H,20,22)/b18-10+. The van der Waals surface area contributed by atoms with Gasteiger partial charge in [-0.1, -0.05) is 42.0 Å². The van der Waals surface area contributed by atoms with Gasteiger partial charge in [-0.15, -0.1) is 0 Å². The number of aromatic amines is 1. The predicted octanol–water partition coefficient (Wildman–Crippen LogP) is 3.94. The molecule has 4 nitrogen and oxygen atoms in total. The van der Waals surface area contributed by atoms with Crippen LogP contribution in [0.4, 0.5) is 4.39 Å². The van der Waals surface area contributed by atoms with E-state index in [1.54, 1.807) is 24.4 Å². The summed E-state index contributed by atoms with van der Waals surface area (Å²) in [7, 11) is 0. The minimum atomic E-state index is -0.372. The first-order chi connectivity index (χ1) is 10.6. The van der Waals surface area contributed by atoms with Gasteiger partial charge in [0.2, 0.25) is 4.77 Å². The molecule has 22 heavy (non-hydrogen) atoms. The Morgan fingerprint density at radius 2 is 1.91 bits per heavy atom. The molecule has 3 aromatic rings. The average Bonchev–Trinajstić information content (AvgIpc) is 2.88. The summed E-state index contributed by atoms with van der Waals surface area (Å²) in [6.45, 7) is 2.02. The van der Waals surface area contributed by atoms with Crippen LogP contribution in [0.3, 0.4) is 0 Å². The zero-order valence-electron chi connectivity index (χ0n) is 11.8. The first kappa shape index (κ1) is 14.3. The molecule has 3 rings (SSSR count). The maximum absolute atomic E-state index is 13.9. The maximum atomic E-state index is 13.9. The molecular formula is C16H13FN4S. The third-order valence-electron chi connectivity index (χ3n) is 3.16. The number of halogens is 1. The van der Waals surface area contributed by atoms with Crippen LogP contribution in [0.1, 0.15) is 11.1 Å². The number of hydrogen-bond donors (Lipinski definition) is 1. The van der Waals surface area contributed by atoms with Gasteiger partial charge in [0.1, 0.15) is 5.82 Å². The quantitative estimate of drug-likeness (QED) is 0.588. The first-order valence-electron chi connectivity index (χ1n) is 6.68. The number of nitrogens with one attached hydrogen (secondary N) is 1. The van der Waals surface area contributed by atoms with Gasteiger partial charge in [0, 0.05) is 0 Å². The normalized spacial score (nSPS) is 11.2. The van der Waals surface area contributed by atoms with Gasteiger partial charge in [-0.3, -0.25) is 0 Å². The Morgan fingerprint density at radius 1 is 1.18 bits per heavy atom. The van der Waals surface area contributed by atoms with Crippen molar-refractivity contribution in [2.45, 2.75) is 6.92 Å². The van der Waals surface area contributed by atoms with Crippen molar-refractivity contribution in [3.63, 3.8) is 0 Å². The van der Waals surface area contributed by atoms with Gasteiger partial charge in [-0.2, -0.15) is 14.9 Å². The van der Waals surface area contributed by atoms with Gasteiger partial charge in [0.15, 0.2) is 5.82 Å². The van der Waals surface area contributed by atoms with Crippen LogP contribution in [0.25, 0.3) is 11.4 Å². The highest BCUT2D eigenvalue weighted by atomic mass is 32.1. The third kappa shape index (κ3) is 2.87. The lowest BCUT2D eigenvalue weighted by molar-refractivity contribution is 0.628. The number of benzene rings is 2. The molecule has 1 heterocycles. The van der Waals surface area contributed by atoms with Crippen LogP contribution in [0.15, 0.2) is 53.6 Å². The van der Waals surface area contributed by atoms with E-state index in [0.29, 0.717) is 16.2 Å². The van der Waals surface area contributed by atoms with E-state index in [-0.39, 0.29) is 5.82 Å². The molecule has 0 aliphatic carbocycles. The number of nitrogens with zero attached hydrogens (tertiary/aromatic N) is 3. The van der Waals surface area contributed by atoms with Crippen molar-refractivity contribution >= 4 is 18.4 Å². The zero-order valence-corrected chi connectivity index (χ0v) is 12.6. The van der Waals surface area contributed by atoms with Gasteiger partial charge in [-0.25, -0.2) is 9.49 Å². The van der Waals surface area contributed by atoms with E-state index >= 15 is 0 Å². The number of aryl methyl sites for hydroxylation is 1. The Hall–Kier alpha value is -2.60.